The van der Waals surface area contributed by atoms with Gasteiger partial charge in [-0.1, -0.05) is 0 Å². The molecule has 0 amide bonds. The molecule has 0 aromatic carbocycles. The van der Waals surface area contributed by atoms with Crippen molar-refractivity contribution in [2.45, 2.75) is 37.8 Å². The summed E-state index contributed by atoms with van der Waals surface area (Å²) >= 11 is 0. The second-order valence-electron chi connectivity index (χ2n) is 4.41. The molecule has 0 saturated heterocycles. The molecule has 5 nitrogen and oxygen atoms in total. The highest BCUT2D eigenvalue weighted by atomic mass is 16.5. The second kappa shape index (κ2) is 6.18. The van der Waals surface area contributed by atoms with E-state index in [0.717, 1.165) is 12.8 Å². The number of aliphatic carboxylic acids is 1. The Morgan fingerprint density at radius 2 is 2.12 bits per heavy atom. The highest BCUT2D eigenvalue weighted by molar-refractivity contribution is 5.78. The number of ether oxygens (including phenoxy) is 2. The predicted octanol–water partition coefficient (Wildman–Crippen LogP) is 0.635. The highest BCUT2D eigenvalue weighted by Crippen LogP contribution is 2.24. The van der Waals surface area contributed by atoms with Crippen molar-refractivity contribution in [1.29, 1.82) is 0 Å². The fourth-order valence-electron chi connectivity index (χ4n) is 1.44. The lowest BCUT2D eigenvalue weighted by Crippen LogP contribution is -2.51. The molecule has 1 aliphatic carbocycles. The standard InChI is InChI=1S/C11H21NO4/c1-11(10(13)14,12-9-3-4-9)5-6-16-8-7-15-2/h9,12H,3-8H2,1-2H3,(H,13,14). The Morgan fingerprint density at radius 3 is 2.62 bits per heavy atom. The lowest BCUT2D eigenvalue weighted by Gasteiger charge is -2.26. The summed E-state index contributed by atoms with van der Waals surface area (Å²) in [5.41, 5.74) is -0.867. The van der Waals surface area contributed by atoms with E-state index in [1.807, 2.05) is 0 Å². The van der Waals surface area contributed by atoms with Crippen LogP contribution in [0.1, 0.15) is 26.2 Å². The van der Waals surface area contributed by atoms with E-state index in [1.165, 1.54) is 0 Å². The number of rotatable bonds is 9. The molecule has 0 aromatic rings. The van der Waals surface area contributed by atoms with Crippen LogP contribution in [0, 0.1) is 0 Å². The summed E-state index contributed by atoms with van der Waals surface area (Å²) in [6.07, 6.45) is 2.63. The Morgan fingerprint density at radius 1 is 1.44 bits per heavy atom. The van der Waals surface area contributed by atoms with Crippen LogP contribution in [0.4, 0.5) is 0 Å². The van der Waals surface area contributed by atoms with Gasteiger partial charge in [0.2, 0.25) is 0 Å². The smallest absolute Gasteiger partial charge is 0.323 e. The van der Waals surface area contributed by atoms with E-state index in [4.69, 9.17) is 14.6 Å². The van der Waals surface area contributed by atoms with E-state index < -0.39 is 11.5 Å². The van der Waals surface area contributed by atoms with Gasteiger partial charge >= 0.3 is 5.97 Å². The molecular weight excluding hydrogens is 210 g/mol. The van der Waals surface area contributed by atoms with Gasteiger partial charge in [-0.05, 0) is 26.2 Å². The summed E-state index contributed by atoms with van der Waals surface area (Å²) in [5.74, 6) is -0.810. The fourth-order valence-corrected chi connectivity index (χ4v) is 1.44. The van der Waals surface area contributed by atoms with Crippen LogP contribution in [0.25, 0.3) is 0 Å². The van der Waals surface area contributed by atoms with Crippen LogP contribution in [0.15, 0.2) is 0 Å². The van der Waals surface area contributed by atoms with Crippen LogP contribution >= 0.6 is 0 Å². The van der Waals surface area contributed by atoms with Crippen molar-refractivity contribution in [3.63, 3.8) is 0 Å². The average molecular weight is 231 g/mol. The van der Waals surface area contributed by atoms with Crippen LogP contribution in [0.2, 0.25) is 0 Å². The van der Waals surface area contributed by atoms with Crippen LogP contribution in [0.3, 0.4) is 0 Å². The molecule has 94 valence electrons. The van der Waals surface area contributed by atoms with Gasteiger partial charge in [0.1, 0.15) is 5.54 Å². The Hall–Kier alpha value is -0.650. The molecule has 1 aliphatic rings. The minimum atomic E-state index is -0.867. The number of carboxylic acids is 1. The molecule has 1 fully saturated rings. The maximum atomic E-state index is 11.2. The largest absolute Gasteiger partial charge is 0.480 e. The van der Waals surface area contributed by atoms with E-state index in [2.05, 4.69) is 5.32 Å². The van der Waals surface area contributed by atoms with E-state index in [1.54, 1.807) is 14.0 Å². The zero-order chi connectivity index (χ0) is 12.0. The van der Waals surface area contributed by atoms with Gasteiger partial charge in [-0.15, -0.1) is 0 Å². The third-order valence-electron chi connectivity index (χ3n) is 2.75. The fraction of sp³-hybridized carbons (Fsp3) is 0.909. The van der Waals surface area contributed by atoms with Crippen LogP contribution in [-0.2, 0) is 14.3 Å². The molecule has 0 heterocycles. The number of hydrogen-bond donors (Lipinski definition) is 2. The minimum absolute atomic E-state index is 0.375. The van der Waals surface area contributed by atoms with Crippen LogP contribution < -0.4 is 5.32 Å². The lowest BCUT2D eigenvalue weighted by molar-refractivity contribution is -0.145. The SMILES string of the molecule is COCCOCCC(C)(NC1CC1)C(=O)O. The molecule has 1 rings (SSSR count). The van der Waals surface area contributed by atoms with E-state index >= 15 is 0 Å². The van der Waals surface area contributed by atoms with Crippen LogP contribution in [0.5, 0.6) is 0 Å². The number of carboxylic acid groups (broad SMARTS) is 1. The third kappa shape index (κ3) is 4.47. The highest BCUT2D eigenvalue weighted by Gasteiger charge is 2.38. The van der Waals surface area contributed by atoms with E-state index in [0.29, 0.717) is 32.3 Å². The summed E-state index contributed by atoms with van der Waals surface area (Å²) < 4.78 is 10.1. The van der Waals surface area contributed by atoms with Crippen molar-refractivity contribution in [2.75, 3.05) is 26.9 Å². The Balaban J connectivity index is 2.23. The normalized spacial score (nSPS) is 19.4. The zero-order valence-electron chi connectivity index (χ0n) is 9.99. The first-order chi connectivity index (χ1) is 7.58. The number of carbonyl (C=O) groups is 1. The van der Waals surface area contributed by atoms with Crippen molar-refractivity contribution in [3.05, 3.63) is 0 Å². The summed E-state index contributed by atoms with van der Waals surface area (Å²) in [4.78, 5) is 11.2. The molecule has 1 unspecified atom stereocenters. The molecule has 0 aliphatic heterocycles. The van der Waals surface area contributed by atoms with Gasteiger partial charge in [-0.2, -0.15) is 0 Å². The van der Waals surface area contributed by atoms with Gasteiger partial charge in [0.15, 0.2) is 0 Å². The van der Waals surface area contributed by atoms with Gasteiger partial charge in [-0.25, -0.2) is 0 Å². The molecule has 0 spiro atoms. The van der Waals surface area contributed by atoms with Crippen molar-refractivity contribution in [2.24, 2.45) is 0 Å². The van der Waals surface area contributed by atoms with Gasteiger partial charge < -0.3 is 14.6 Å². The molecule has 16 heavy (non-hydrogen) atoms. The molecule has 0 radical (unpaired) electrons. The van der Waals surface area contributed by atoms with Crippen molar-refractivity contribution in [3.8, 4) is 0 Å². The molecule has 2 N–H and O–H groups in total. The quantitative estimate of drug-likeness (QED) is 0.570. The van der Waals surface area contributed by atoms with Gasteiger partial charge in [0, 0.05) is 19.8 Å². The first kappa shape index (κ1) is 13.4. The zero-order valence-corrected chi connectivity index (χ0v) is 9.99. The minimum Gasteiger partial charge on any atom is -0.480 e. The summed E-state index contributed by atoms with van der Waals surface area (Å²) in [6, 6.07) is 0.375. The Bertz CT molecular complexity index is 230. The molecule has 1 saturated carbocycles. The molecular formula is C11H21NO4. The van der Waals surface area contributed by atoms with E-state index in [-0.39, 0.29) is 0 Å². The first-order valence-electron chi connectivity index (χ1n) is 5.66. The number of methoxy groups -OCH3 is 1. The van der Waals surface area contributed by atoms with Gasteiger partial charge in [0.25, 0.3) is 0 Å². The Kier molecular flexibility index (Phi) is 5.18. The Labute approximate surface area is 96.1 Å². The topological polar surface area (TPSA) is 67.8 Å². The van der Waals surface area contributed by atoms with Gasteiger partial charge in [-0.3, -0.25) is 10.1 Å². The van der Waals surface area contributed by atoms with E-state index in [9.17, 15) is 4.79 Å². The predicted molar refractivity (Wildman–Crippen MR) is 59.5 cm³/mol. The second-order valence-corrected chi connectivity index (χ2v) is 4.41. The number of nitrogens with one attached hydrogen (secondary N) is 1. The molecule has 0 bridgehead atoms. The van der Waals surface area contributed by atoms with Crippen molar-refractivity contribution < 1.29 is 19.4 Å². The monoisotopic (exact) mass is 231 g/mol. The van der Waals surface area contributed by atoms with Crippen molar-refractivity contribution in [1.82, 2.24) is 5.32 Å². The maximum Gasteiger partial charge on any atom is 0.323 e. The molecule has 5 heteroatoms. The lowest BCUT2D eigenvalue weighted by atomic mass is 9.98. The first-order valence-corrected chi connectivity index (χ1v) is 5.66. The summed E-state index contributed by atoms with van der Waals surface area (Å²) in [6.45, 7) is 3.20. The summed E-state index contributed by atoms with van der Waals surface area (Å²) in [5, 5.41) is 12.3. The van der Waals surface area contributed by atoms with Crippen molar-refractivity contribution >= 4 is 5.97 Å². The average Bonchev–Trinajstić information content (AvgIpc) is 3.01. The molecule has 1 atom stereocenters. The van der Waals surface area contributed by atoms with Gasteiger partial charge in [0.05, 0.1) is 13.2 Å². The molecule has 0 aromatic heterocycles. The number of hydrogen-bond acceptors (Lipinski definition) is 4. The summed E-state index contributed by atoms with van der Waals surface area (Å²) in [7, 11) is 1.61. The third-order valence-corrected chi connectivity index (χ3v) is 2.75. The van der Waals surface area contributed by atoms with Crippen LogP contribution in [-0.4, -0.2) is 49.6 Å². The maximum absolute atomic E-state index is 11.2.